The van der Waals surface area contributed by atoms with Crippen LogP contribution in [0.4, 0.5) is 0 Å². The normalized spacial score (nSPS) is 16.4. The van der Waals surface area contributed by atoms with Crippen LogP contribution >= 0.6 is 11.5 Å². The fourth-order valence-corrected chi connectivity index (χ4v) is 6.41. The number of nitrogens with zero attached hydrogens (tertiary/aromatic N) is 7. The van der Waals surface area contributed by atoms with Gasteiger partial charge in [-0.2, -0.15) is 4.37 Å². The maximum atomic E-state index is 11.1. The van der Waals surface area contributed by atoms with Crippen LogP contribution in [0.25, 0.3) is 32.5 Å². The van der Waals surface area contributed by atoms with Gasteiger partial charge in [0.05, 0.1) is 38.9 Å². The van der Waals surface area contributed by atoms with E-state index >= 15 is 0 Å². The third kappa shape index (κ3) is 3.64. The number of hydrogen-bond donors (Lipinski definition) is 1. The molecule has 0 saturated carbocycles. The van der Waals surface area contributed by atoms with E-state index in [0.29, 0.717) is 18.9 Å². The first-order valence-electron chi connectivity index (χ1n) is 12.1. The molecular formula is C25H29N7O3S. The largest absolute Gasteiger partial charge is 0.384 e. The highest BCUT2D eigenvalue weighted by Gasteiger charge is 2.36. The molecule has 1 aliphatic rings. The fraction of sp³-hybridized carbons (Fsp3) is 0.480. The third-order valence-corrected chi connectivity index (χ3v) is 7.87. The van der Waals surface area contributed by atoms with E-state index in [9.17, 15) is 5.11 Å². The van der Waals surface area contributed by atoms with Crippen LogP contribution in [0.2, 0.25) is 0 Å². The molecule has 1 unspecified atom stereocenters. The molecule has 1 atom stereocenters. The second-order valence-corrected chi connectivity index (χ2v) is 10.9. The van der Waals surface area contributed by atoms with E-state index in [2.05, 4.69) is 26.1 Å². The summed E-state index contributed by atoms with van der Waals surface area (Å²) >= 11 is 1.37. The van der Waals surface area contributed by atoms with Crippen molar-refractivity contribution >= 4 is 32.8 Å². The van der Waals surface area contributed by atoms with Crippen LogP contribution in [0.5, 0.6) is 0 Å². The highest BCUT2D eigenvalue weighted by atomic mass is 32.1. The predicted molar refractivity (Wildman–Crippen MR) is 136 cm³/mol. The Morgan fingerprint density at radius 2 is 1.97 bits per heavy atom. The monoisotopic (exact) mass is 507 g/mol. The molecule has 6 rings (SSSR count). The Labute approximate surface area is 212 Å². The number of rotatable bonds is 5. The molecule has 11 heteroatoms. The molecule has 0 bridgehead atoms. The zero-order valence-electron chi connectivity index (χ0n) is 21.0. The molecule has 1 saturated heterocycles. The van der Waals surface area contributed by atoms with Gasteiger partial charge >= 0.3 is 0 Å². The molecule has 10 nitrogen and oxygen atoms in total. The second-order valence-electron chi connectivity index (χ2n) is 10.1. The summed E-state index contributed by atoms with van der Waals surface area (Å²) < 4.78 is 21.3. The lowest BCUT2D eigenvalue weighted by Gasteiger charge is -2.31. The topological polar surface area (TPSA) is 117 Å². The number of hydrogen-bond acceptors (Lipinski definition) is 9. The highest BCUT2D eigenvalue weighted by molar-refractivity contribution is 7.14. The number of fused-ring (bicyclic) bond motifs is 3. The molecule has 36 heavy (non-hydrogen) atoms. The van der Waals surface area contributed by atoms with Crippen molar-refractivity contribution in [1.29, 1.82) is 0 Å². The number of aromatic nitrogens is 7. The van der Waals surface area contributed by atoms with Crippen molar-refractivity contribution in [3.05, 3.63) is 41.2 Å². The summed E-state index contributed by atoms with van der Waals surface area (Å²) in [5.74, 6) is 1.04. The van der Waals surface area contributed by atoms with E-state index in [-0.39, 0.29) is 12.0 Å². The van der Waals surface area contributed by atoms with Crippen molar-refractivity contribution < 1.29 is 14.4 Å². The van der Waals surface area contributed by atoms with Crippen LogP contribution in [0.15, 0.2) is 22.9 Å². The van der Waals surface area contributed by atoms with Gasteiger partial charge in [-0.25, -0.2) is 4.68 Å². The summed E-state index contributed by atoms with van der Waals surface area (Å²) in [5, 5.41) is 23.8. The lowest BCUT2D eigenvalue weighted by molar-refractivity contribution is 0.0511. The van der Waals surface area contributed by atoms with Crippen molar-refractivity contribution in [2.45, 2.75) is 52.2 Å². The average molecular weight is 508 g/mol. The average Bonchev–Trinajstić information content (AvgIpc) is 3.60. The van der Waals surface area contributed by atoms with Crippen LogP contribution in [0, 0.1) is 19.8 Å². The zero-order chi connectivity index (χ0) is 25.2. The van der Waals surface area contributed by atoms with E-state index in [1.807, 2.05) is 33.2 Å². The van der Waals surface area contributed by atoms with Gasteiger partial charge in [-0.05, 0) is 64.1 Å². The number of aryl methyl sites for hydroxylation is 3. The fourth-order valence-electron chi connectivity index (χ4n) is 5.40. The first kappa shape index (κ1) is 23.3. The standard InChI is InChI=1S/C25H29N7O3S/c1-13-10-18(35-28-13)21(15-6-8-34-9-7-15)32-17-11-16(20-14(2)27-30-31(20)5)12-26-19(17)23-22(32)24(29-36-23)25(3,4)33/h10-12,15,21,33H,6-9H2,1-5H3. The van der Waals surface area contributed by atoms with Crippen LogP contribution in [-0.4, -0.2) is 52.4 Å². The van der Waals surface area contributed by atoms with Crippen LogP contribution < -0.4 is 0 Å². The summed E-state index contributed by atoms with van der Waals surface area (Å²) in [7, 11) is 1.88. The Morgan fingerprint density at radius 3 is 2.61 bits per heavy atom. The molecule has 0 amide bonds. The Kier molecular flexibility index (Phi) is 5.47. The SMILES string of the molecule is Cc1cc(C(C2CCOCC2)n2c3cc(-c4c(C)nnn4C)cnc3c3snc(C(C)(C)O)c32)on1. The van der Waals surface area contributed by atoms with Gasteiger partial charge in [-0.3, -0.25) is 4.98 Å². The first-order chi connectivity index (χ1) is 17.2. The number of pyridine rings is 1. The summed E-state index contributed by atoms with van der Waals surface area (Å²) in [6, 6.07) is 3.99. The minimum atomic E-state index is -1.13. The predicted octanol–water partition coefficient (Wildman–Crippen LogP) is 4.29. The number of ether oxygens (including phenoxy) is 1. The van der Waals surface area contributed by atoms with Gasteiger partial charge < -0.3 is 18.9 Å². The maximum absolute atomic E-state index is 11.1. The summed E-state index contributed by atoms with van der Waals surface area (Å²) in [6.07, 6.45) is 3.64. The molecule has 5 aromatic rings. The molecule has 1 N–H and O–H groups in total. The smallest absolute Gasteiger partial charge is 0.160 e. The molecule has 6 heterocycles. The molecular weight excluding hydrogens is 478 g/mol. The van der Waals surface area contributed by atoms with E-state index in [0.717, 1.165) is 62.5 Å². The van der Waals surface area contributed by atoms with Gasteiger partial charge in [0.15, 0.2) is 5.76 Å². The Morgan fingerprint density at radius 1 is 1.19 bits per heavy atom. The minimum Gasteiger partial charge on any atom is -0.384 e. The summed E-state index contributed by atoms with van der Waals surface area (Å²) in [4.78, 5) is 4.92. The van der Waals surface area contributed by atoms with Crippen molar-refractivity contribution in [1.82, 2.24) is 34.1 Å². The number of aliphatic hydroxyl groups is 1. The van der Waals surface area contributed by atoms with E-state index in [1.165, 1.54) is 11.5 Å². The first-order valence-corrected chi connectivity index (χ1v) is 12.9. The quantitative estimate of drug-likeness (QED) is 0.374. The van der Waals surface area contributed by atoms with Crippen molar-refractivity contribution in [2.24, 2.45) is 13.0 Å². The van der Waals surface area contributed by atoms with Gasteiger partial charge in [0.2, 0.25) is 0 Å². The third-order valence-electron chi connectivity index (χ3n) is 7.03. The van der Waals surface area contributed by atoms with Crippen molar-refractivity contribution in [3.8, 4) is 11.3 Å². The van der Waals surface area contributed by atoms with E-state index in [1.54, 1.807) is 18.5 Å². The van der Waals surface area contributed by atoms with Gasteiger partial charge in [-0.15, -0.1) is 5.10 Å². The van der Waals surface area contributed by atoms with Crippen molar-refractivity contribution in [3.63, 3.8) is 0 Å². The molecule has 0 aliphatic carbocycles. The highest BCUT2D eigenvalue weighted by Crippen LogP contribution is 2.45. The van der Waals surface area contributed by atoms with Gasteiger partial charge in [0, 0.05) is 38.1 Å². The van der Waals surface area contributed by atoms with Gasteiger partial charge in [-0.1, -0.05) is 10.4 Å². The van der Waals surface area contributed by atoms with Crippen LogP contribution in [0.3, 0.4) is 0 Å². The Hall–Kier alpha value is -3.15. The Bertz CT molecular complexity index is 1550. The molecule has 5 aromatic heterocycles. The van der Waals surface area contributed by atoms with Gasteiger partial charge in [0.1, 0.15) is 16.8 Å². The zero-order valence-corrected chi connectivity index (χ0v) is 21.8. The lowest BCUT2D eigenvalue weighted by Crippen LogP contribution is -2.27. The maximum Gasteiger partial charge on any atom is 0.160 e. The summed E-state index contributed by atoms with van der Waals surface area (Å²) in [5.41, 5.74) is 5.70. The van der Waals surface area contributed by atoms with Crippen LogP contribution in [0.1, 0.15) is 55.6 Å². The minimum absolute atomic E-state index is 0.157. The second kappa shape index (κ2) is 8.46. The summed E-state index contributed by atoms with van der Waals surface area (Å²) in [6.45, 7) is 8.82. The molecule has 0 spiro atoms. The molecule has 0 radical (unpaired) electrons. The molecule has 0 aromatic carbocycles. The Balaban J connectivity index is 1.70. The van der Waals surface area contributed by atoms with Crippen molar-refractivity contribution in [2.75, 3.05) is 13.2 Å². The van der Waals surface area contributed by atoms with Crippen LogP contribution in [-0.2, 0) is 17.4 Å². The molecule has 1 aliphatic heterocycles. The van der Waals surface area contributed by atoms with E-state index in [4.69, 9.17) is 18.6 Å². The lowest BCUT2D eigenvalue weighted by atomic mass is 9.89. The van der Waals surface area contributed by atoms with E-state index < -0.39 is 5.60 Å². The molecule has 1 fully saturated rings. The van der Waals surface area contributed by atoms with Gasteiger partial charge in [0.25, 0.3) is 0 Å². The molecule has 188 valence electrons.